The number of rotatable bonds is 7. The van der Waals surface area contributed by atoms with Gasteiger partial charge in [0.1, 0.15) is 6.23 Å². The van der Waals surface area contributed by atoms with Gasteiger partial charge in [0, 0.05) is 67.6 Å². The first-order valence-corrected chi connectivity index (χ1v) is 12.5. The van der Waals surface area contributed by atoms with Gasteiger partial charge in [-0.05, 0) is 54.6 Å². The van der Waals surface area contributed by atoms with Gasteiger partial charge in [-0.2, -0.15) is 0 Å². The molecule has 32 heavy (non-hydrogen) atoms. The number of unbranched alkanes of at least 4 members (excludes halogenated alkanes) is 1. The van der Waals surface area contributed by atoms with Crippen LogP contribution >= 0.6 is 11.3 Å². The standard InChI is InChI=1S/C26H31N3O2S/c1-27-25(19-20-7-2-3-8-21(20)26(27)30)31-17-5-4-12-28-13-15-29(16-14-28)23-9-6-10-24-22(23)11-18-32-24/h2-3,6-11,18,25H,4-5,12-17,19H2,1H3. The van der Waals surface area contributed by atoms with Crippen LogP contribution in [0.5, 0.6) is 0 Å². The summed E-state index contributed by atoms with van der Waals surface area (Å²) in [6.45, 7) is 6.20. The van der Waals surface area contributed by atoms with Crippen molar-refractivity contribution >= 4 is 33.0 Å². The Morgan fingerprint density at radius 3 is 2.72 bits per heavy atom. The Hall–Kier alpha value is -2.41. The van der Waals surface area contributed by atoms with Gasteiger partial charge in [-0.1, -0.05) is 24.3 Å². The summed E-state index contributed by atoms with van der Waals surface area (Å²) in [6, 6.07) is 16.8. The second kappa shape index (κ2) is 9.61. The summed E-state index contributed by atoms with van der Waals surface area (Å²) in [5.41, 5.74) is 3.28. The van der Waals surface area contributed by atoms with Crippen LogP contribution in [0.1, 0.15) is 28.8 Å². The van der Waals surface area contributed by atoms with Gasteiger partial charge in [-0.25, -0.2) is 0 Å². The maximum atomic E-state index is 12.5. The number of nitrogens with zero attached hydrogens (tertiary/aromatic N) is 3. The fourth-order valence-corrected chi connectivity index (χ4v) is 5.65. The average Bonchev–Trinajstić information content (AvgIpc) is 3.31. The number of hydrogen-bond acceptors (Lipinski definition) is 5. The minimum absolute atomic E-state index is 0.0628. The van der Waals surface area contributed by atoms with E-state index in [2.05, 4.69) is 39.4 Å². The van der Waals surface area contributed by atoms with Crippen LogP contribution in [0, 0.1) is 0 Å². The number of ether oxygens (including phenoxy) is 1. The molecule has 1 atom stereocenters. The summed E-state index contributed by atoms with van der Waals surface area (Å²) >= 11 is 1.82. The third-order valence-corrected chi connectivity index (χ3v) is 7.64. The molecule has 5 rings (SSSR count). The number of likely N-dealkylation sites (N-methyl/N-ethyl adjacent to an activating group) is 1. The monoisotopic (exact) mass is 449 g/mol. The van der Waals surface area contributed by atoms with Gasteiger partial charge in [-0.15, -0.1) is 11.3 Å². The molecule has 0 spiro atoms. The maximum absolute atomic E-state index is 12.5. The molecule has 168 valence electrons. The van der Waals surface area contributed by atoms with Crippen LogP contribution in [0.15, 0.2) is 53.9 Å². The Morgan fingerprint density at radius 1 is 1.00 bits per heavy atom. The fraction of sp³-hybridized carbons (Fsp3) is 0.423. The maximum Gasteiger partial charge on any atom is 0.255 e. The number of amides is 1. The lowest BCUT2D eigenvalue weighted by Gasteiger charge is -2.36. The van der Waals surface area contributed by atoms with Crippen LogP contribution in [0.2, 0.25) is 0 Å². The number of anilines is 1. The van der Waals surface area contributed by atoms with Crippen LogP contribution in [0.25, 0.3) is 10.1 Å². The Bertz CT molecular complexity index is 1070. The first kappa shape index (κ1) is 21.4. The van der Waals surface area contributed by atoms with Gasteiger partial charge in [0.05, 0.1) is 0 Å². The van der Waals surface area contributed by atoms with Crippen LogP contribution < -0.4 is 4.90 Å². The zero-order valence-corrected chi connectivity index (χ0v) is 19.5. The Labute approximate surface area is 194 Å². The van der Waals surface area contributed by atoms with Gasteiger partial charge in [0.15, 0.2) is 0 Å². The van der Waals surface area contributed by atoms with E-state index >= 15 is 0 Å². The molecule has 1 saturated heterocycles. The molecule has 1 fully saturated rings. The molecule has 5 nitrogen and oxygen atoms in total. The second-order valence-corrected chi connectivity index (χ2v) is 9.70. The Morgan fingerprint density at radius 2 is 1.84 bits per heavy atom. The number of thiophene rings is 1. The Kier molecular flexibility index (Phi) is 6.44. The first-order chi connectivity index (χ1) is 15.7. The van der Waals surface area contributed by atoms with E-state index in [0.29, 0.717) is 6.61 Å². The molecule has 1 aromatic heterocycles. The molecule has 6 heteroatoms. The zero-order chi connectivity index (χ0) is 21.9. The van der Waals surface area contributed by atoms with E-state index in [9.17, 15) is 4.79 Å². The van der Waals surface area contributed by atoms with Crippen molar-refractivity contribution in [2.24, 2.45) is 0 Å². The van der Waals surface area contributed by atoms with E-state index in [4.69, 9.17) is 4.74 Å². The van der Waals surface area contributed by atoms with Crippen LogP contribution in [0.4, 0.5) is 5.69 Å². The highest BCUT2D eigenvalue weighted by Gasteiger charge is 2.29. The minimum atomic E-state index is -0.152. The lowest BCUT2D eigenvalue weighted by molar-refractivity contribution is -0.0405. The number of carbonyl (C=O) groups is 1. The van der Waals surface area contributed by atoms with Crippen LogP contribution in [-0.2, 0) is 11.2 Å². The predicted octanol–water partition coefficient (Wildman–Crippen LogP) is 4.47. The molecular formula is C26H31N3O2S. The number of fused-ring (bicyclic) bond motifs is 2. The molecule has 3 aromatic rings. The topological polar surface area (TPSA) is 36.0 Å². The summed E-state index contributed by atoms with van der Waals surface area (Å²) in [6.07, 6.45) is 2.77. The fourth-order valence-electron chi connectivity index (χ4n) is 4.85. The molecule has 2 aromatic carbocycles. The molecule has 0 radical (unpaired) electrons. The predicted molar refractivity (Wildman–Crippen MR) is 132 cm³/mol. The highest BCUT2D eigenvalue weighted by Crippen LogP contribution is 2.31. The van der Waals surface area contributed by atoms with Crippen molar-refractivity contribution in [3.63, 3.8) is 0 Å². The van der Waals surface area contributed by atoms with E-state index in [1.807, 2.05) is 42.6 Å². The van der Waals surface area contributed by atoms with Crippen molar-refractivity contribution in [3.8, 4) is 0 Å². The molecule has 0 N–H and O–H groups in total. The summed E-state index contributed by atoms with van der Waals surface area (Å²) in [5, 5.41) is 3.57. The van der Waals surface area contributed by atoms with Crippen molar-refractivity contribution in [1.29, 1.82) is 0 Å². The summed E-state index contributed by atoms with van der Waals surface area (Å²) in [4.78, 5) is 19.4. The average molecular weight is 450 g/mol. The molecule has 3 heterocycles. The molecule has 0 aliphatic carbocycles. The molecule has 0 bridgehead atoms. The highest BCUT2D eigenvalue weighted by molar-refractivity contribution is 7.17. The van der Waals surface area contributed by atoms with Crippen molar-refractivity contribution in [2.45, 2.75) is 25.5 Å². The lowest BCUT2D eigenvalue weighted by Crippen LogP contribution is -2.46. The van der Waals surface area contributed by atoms with E-state index in [0.717, 1.165) is 63.1 Å². The molecule has 1 unspecified atom stereocenters. The normalized spacial score (nSPS) is 19.5. The minimum Gasteiger partial charge on any atom is -0.368 e. The van der Waals surface area contributed by atoms with Crippen molar-refractivity contribution in [1.82, 2.24) is 9.80 Å². The summed E-state index contributed by atoms with van der Waals surface area (Å²) in [5.74, 6) is 0.0628. The van der Waals surface area contributed by atoms with E-state index in [-0.39, 0.29) is 12.1 Å². The smallest absolute Gasteiger partial charge is 0.255 e. The third kappa shape index (κ3) is 4.40. The zero-order valence-electron chi connectivity index (χ0n) is 18.7. The molecular weight excluding hydrogens is 418 g/mol. The highest BCUT2D eigenvalue weighted by atomic mass is 32.1. The van der Waals surface area contributed by atoms with Crippen LogP contribution in [0.3, 0.4) is 0 Å². The lowest BCUT2D eigenvalue weighted by atomic mass is 9.98. The Balaban J connectivity index is 1.04. The van der Waals surface area contributed by atoms with Crippen LogP contribution in [-0.4, -0.2) is 68.3 Å². The largest absolute Gasteiger partial charge is 0.368 e. The van der Waals surface area contributed by atoms with Crippen molar-refractivity contribution in [2.75, 3.05) is 51.3 Å². The summed E-state index contributed by atoms with van der Waals surface area (Å²) < 4.78 is 7.47. The number of benzene rings is 2. The van der Waals surface area contributed by atoms with Gasteiger partial charge in [0.25, 0.3) is 5.91 Å². The molecule has 2 aliphatic rings. The second-order valence-electron chi connectivity index (χ2n) is 8.75. The summed E-state index contributed by atoms with van der Waals surface area (Å²) in [7, 11) is 1.85. The third-order valence-electron chi connectivity index (χ3n) is 6.76. The van der Waals surface area contributed by atoms with Crippen molar-refractivity contribution < 1.29 is 9.53 Å². The van der Waals surface area contributed by atoms with Gasteiger partial charge in [-0.3, -0.25) is 9.69 Å². The van der Waals surface area contributed by atoms with Gasteiger partial charge in [0.2, 0.25) is 0 Å². The molecule has 2 aliphatic heterocycles. The van der Waals surface area contributed by atoms with E-state index in [1.165, 1.54) is 15.8 Å². The number of hydrogen-bond donors (Lipinski definition) is 0. The molecule has 1 amide bonds. The van der Waals surface area contributed by atoms with E-state index < -0.39 is 0 Å². The number of carbonyl (C=O) groups excluding carboxylic acids is 1. The number of piperazine rings is 1. The van der Waals surface area contributed by atoms with Gasteiger partial charge >= 0.3 is 0 Å². The SMILES string of the molecule is CN1C(=O)c2ccccc2CC1OCCCCN1CCN(c2cccc3sccc23)CC1. The van der Waals surface area contributed by atoms with Gasteiger partial charge < -0.3 is 14.5 Å². The first-order valence-electron chi connectivity index (χ1n) is 11.6. The van der Waals surface area contributed by atoms with E-state index in [1.54, 1.807) is 4.90 Å². The van der Waals surface area contributed by atoms with Crippen molar-refractivity contribution in [3.05, 3.63) is 65.0 Å². The molecule has 0 saturated carbocycles. The quantitative estimate of drug-likeness (QED) is 0.499.